The molecule has 1 fully saturated rings. The Hall–Kier alpha value is -1.93. The molecule has 10 heteroatoms. The molecular weight excluding hydrogens is 408 g/mol. The molecule has 1 aliphatic heterocycles. The van der Waals surface area contributed by atoms with Crippen molar-refractivity contribution < 1.29 is 13.9 Å². The zero-order chi connectivity index (χ0) is 20.8. The highest BCUT2D eigenvalue weighted by molar-refractivity contribution is 6.30. The Labute approximate surface area is 172 Å². The summed E-state index contributed by atoms with van der Waals surface area (Å²) in [5.41, 5.74) is -0.559. The Morgan fingerprint density at radius 3 is 2.68 bits per heavy atom. The summed E-state index contributed by atoms with van der Waals surface area (Å²) >= 11 is 11.8. The van der Waals surface area contributed by atoms with Gasteiger partial charge in [0.05, 0.1) is 5.39 Å². The van der Waals surface area contributed by atoms with E-state index in [2.05, 4.69) is 15.0 Å². The van der Waals surface area contributed by atoms with Crippen molar-refractivity contribution in [3.8, 4) is 0 Å². The predicted octanol–water partition coefficient (Wildman–Crippen LogP) is 4.30. The molecule has 7 nitrogen and oxygen atoms in total. The zero-order valence-corrected chi connectivity index (χ0v) is 17.8. The summed E-state index contributed by atoms with van der Waals surface area (Å²) in [5.74, 6) is -0.311. The lowest BCUT2D eigenvalue weighted by atomic mass is 10.1. The number of aromatic nitrogens is 3. The number of anilines is 1. The van der Waals surface area contributed by atoms with Crippen LogP contribution in [0.15, 0.2) is 6.20 Å². The van der Waals surface area contributed by atoms with E-state index in [0.717, 1.165) is 0 Å². The summed E-state index contributed by atoms with van der Waals surface area (Å²) in [6.07, 6.45) is 1.76. The number of fused-ring (bicyclic) bond motifs is 1. The van der Waals surface area contributed by atoms with E-state index in [0.29, 0.717) is 24.2 Å². The van der Waals surface area contributed by atoms with E-state index in [4.69, 9.17) is 27.9 Å². The van der Waals surface area contributed by atoms with Gasteiger partial charge in [0, 0.05) is 31.9 Å². The first kappa shape index (κ1) is 20.8. The lowest BCUT2D eigenvalue weighted by Gasteiger charge is -2.28. The number of carbonyl (C=O) groups is 1. The lowest BCUT2D eigenvalue weighted by Crippen LogP contribution is -2.41. The van der Waals surface area contributed by atoms with Gasteiger partial charge in [-0.3, -0.25) is 0 Å². The quantitative estimate of drug-likeness (QED) is 0.523. The fourth-order valence-corrected chi connectivity index (χ4v) is 3.60. The molecule has 0 radical (unpaired) electrons. The fraction of sp³-hybridized carbons (Fsp3) is 0.556. The minimum absolute atomic E-state index is 0.0110. The molecule has 1 saturated heterocycles. The van der Waals surface area contributed by atoms with Crippen LogP contribution in [0.1, 0.15) is 34.1 Å². The smallest absolute Gasteiger partial charge is 0.410 e. The van der Waals surface area contributed by atoms with Gasteiger partial charge in [-0.15, -0.1) is 0 Å². The van der Waals surface area contributed by atoms with E-state index in [1.807, 2.05) is 39.6 Å². The first-order valence-corrected chi connectivity index (χ1v) is 9.63. The minimum atomic E-state index is -0.742. The topological polar surface area (TPSA) is 71.5 Å². The normalized spacial score (nSPS) is 19.9. The summed E-state index contributed by atoms with van der Waals surface area (Å²) in [5, 5.41) is 0.0317. The molecule has 0 spiro atoms. The van der Waals surface area contributed by atoms with Crippen LogP contribution >= 0.6 is 23.2 Å². The number of amides is 1. The highest BCUT2D eigenvalue weighted by Gasteiger charge is 2.37. The fourth-order valence-electron chi connectivity index (χ4n) is 3.29. The van der Waals surface area contributed by atoms with Gasteiger partial charge in [0.15, 0.2) is 11.0 Å². The molecule has 0 aliphatic carbocycles. The largest absolute Gasteiger partial charge is 0.444 e. The molecule has 0 N–H and O–H groups in total. The van der Waals surface area contributed by atoms with Crippen molar-refractivity contribution in [2.45, 2.75) is 51.8 Å². The maximum atomic E-state index is 14.4. The molecule has 2 unspecified atom stereocenters. The second-order valence-electron chi connectivity index (χ2n) is 7.92. The van der Waals surface area contributed by atoms with E-state index in [1.54, 1.807) is 4.90 Å². The number of halogens is 3. The van der Waals surface area contributed by atoms with Gasteiger partial charge in [-0.05, 0) is 45.7 Å². The third-order valence-corrected chi connectivity index (χ3v) is 5.09. The summed E-state index contributed by atoms with van der Waals surface area (Å²) in [7, 11) is 1.82. The van der Waals surface area contributed by atoms with E-state index in [1.165, 1.54) is 6.20 Å². The Bertz CT molecular complexity index is 921. The van der Waals surface area contributed by atoms with Crippen molar-refractivity contribution in [3.63, 3.8) is 0 Å². The summed E-state index contributed by atoms with van der Waals surface area (Å²) < 4.78 is 19.8. The summed E-state index contributed by atoms with van der Waals surface area (Å²) in [4.78, 5) is 28.1. The van der Waals surface area contributed by atoms with Gasteiger partial charge in [-0.1, -0.05) is 11.6 Å². The third kappa shape index (κ3) is 4.07. The van der Waals surface area contributed by atoms with Crippen LogP contribution in [0, 0.1) is 5.82 Å². The molecule has 2 aromatic heterocycles. The molecule has 28 heavy (non-hydrogen) atoms. The van der Waals surface area contributed by atoms with E-state index < -0.39 is 11.4 Å². The van der Waals surface area contributed by atoms with Gasteiger partial charge in [0.25, 0.3) is 0 Å². The van der Waals surface area contributed by atoms with Crippen LogP contribution in [0.25, 0.3) is 10.9 Å². The number of hydrogen-bond donors (Lipinski definition) is 0. The molecule has 2 aromatic rings. The second-order valence-corrected chi connectivity index (χ2v) is 8.62. The molecule has 0 aromatic carbocycles. The Morgan fingerprint density at radius 2 is 2.04 bits per heavy atom. The van der Waals surface area contributed by atoms with Crippen molar-refractivity contribution in [1.29, 1.82) is 0 Å². The zero-order valence-electron chi connectivity index (χ0n) is 16.3. The van der Waals surface area contributed by atoms with E-state index >= 15 is 0 Å². The van der Waals surface area contributed by atoms with Gasteiger partial charge in [0.2, 0.25) is 5.28 Å². The molecule has 2 atom stereocenters. The van der Waals surface area contributed by atoms with Gasteiger partial charge >= 0.3 is 6.09 Å². The molecule has 152 valence electrons. The van der Waals surface area contributed by atoms with Gasteiger partial charge < -0.3 is 14.5 Å². The number of likely N-dealkylation sites (N-methyl/N-ethyl adjacent to an activating group) is 1. The Morgan fingerprint density at radius 1 is 1.36 bits per heavy atom. The van der Waals surface area contributed by atoms with E-state index in [-0.39, 0.29) is 34.1 Å². The molecule has 1 aliphatic rings. The number of pyridine rings is 1. The predicted molar refractivity (Wildman–Crippen MR) is 107 cm³/mol. The Kier molecular flexibility index (Phi) is 5.55. The van der Waals surface area contributed by atoms with Crippen molar-refractivity contribution in [2.24, 2.45) is 0 Å². The number of carbonyl (C=O) groups excluding carboxylic acids is 1. The Balaban J connectivity index is 1.90. The molecule has 3 heterocycles. The monoisotopic (exact) mass is 429 g/mol. The molecule has 1 amide bonds. The maximum Gasteiger partial charge on any atom is 0.410 e. The first-order chi connectivity index (χ1) is 13.0. The average Bonchev–Trinajstić information content (AvgIpc) is 2.98. The standard InChI is InChI=1S/C18H22Cl2FN5O2/c1-9-6-10(8-26(9)17(27)28-18(2,3)4)25(5)15-11-7-22-14(19)12(21)13(11)23-16(20)24-15/h7,9-10H,6,8H2,1-5H3. The van der Waals surface area contributed by atoms with Crippen LogP contribution in [-0.2, 0) is 4.74 Å². The second kappa shape index (κ2) is 7.48. The van der Waals surface area contributed by atoms with Crippen LogP contribution in [-0.4, -0.2) is 57.2 Å². The number of hydrogen-bond acceptors (Lipinski definition) is 6. The van der Waals surface area contributed by atoms with Gasteiger partial charge in [0.1, 0.15) is 16.9 Å². The minimum Gasteiger partial charge on any atom is -0.444 e. The van der Waals surface area contributed by atoms with Crippen molar-refractivity contribution in [3.05, 3.63) is 22.5 Å². The van der Waals surface area contributed by atoms with Crippen LogP contribution < -0.4 is 4.90 Å². The average molecular weight is 430 g/mol. The van der Waals surface area contributed by atoms with Crippen LogP contribution in [0.2, 0.25) is 10.4 Å². The van der Waals surface area contributed by atoms with Crippen molar-refractivity contribution >= 4 is 46.0 Å². The SMILES string of the molecule is CC1CC(N(C)c2nc(Cl)nc3c(F)c(Cl)ncc23)CN1C(=O)OC(C)(C)C. The molecule has 0 saturated carbocycles. The lowest BCUT2D eigenvalue weighted by molar-refractivity contribution is 0.0237. The molecule has 3 rings (SSSR count). The molecule has 0 bridgehead atoms. The molecular formula is C18H22Cl2FN5O2. The van der Waals surface area contributed by atoms with Crippen LogP contribution in [0.3, 0.4) is 0 Å². The maximum absolute atomic E-state index is 14.4. The van der Waals surface area contributed by atoms with Crippen LogP contribution in [0.5, 0.6) is 0 Å². The number of nitrogens with zero attached hydrogens (tertiary/aromatic N) is 5. The van der Waals surface area contributed by atoms with Gasteiger partial charge in [-0.2, -0.15) is 4.98 Å². The highest BCUT2D eigenvalue weighted by atomic mass is 35.5. The number of rotatable bonds is 2. The summed E-state index contributed by atoms with van der Waals surface area (Å²) in [6.45, 7) is 7.90. The third-order valence-electron chi connectivity index (χ3n) is 4.66. The van der Waals surface area contributed by atoms with Crippen LogP contribution in [0.4, 0.5) is 15.0 Å². The first-order valence-electron chi connectivity index (χ1n) is 8.87. The van der Waals surface area contributed by atoms with E-state index in [9.17, 15) is 9.18 Å². The number of ether oxygens (including phenoxy) is 1. The number of likely N-dealkylation sites (tertiary alicyclic amines) is 1. The van der Waals surface area contributed by atoms with Crippen molar-refractivity contribution in [2.75, 3.05) is 18.5 Å². The highest BCUT2D eigenvalue weighted by Crippen LogP contribution is 2.32. The summed E-state index contributed by atoms with van der Waals surface area (Å²) in [6, 6.07) is -0.0781. The van der Waals surface area contributed by atoms with Gasteiger partial charge in [-0.25, -0.2) is 19.2 Å². The van der Waals surface area contributed by atoms with Crippen molar-refractivity contribution in [1.82, 2.24) is 19.9 Å².